The Morgan fingerprint density at radius 2 is 1.81 bits per heavy atom. The molecule has 0 bridgehead atoms. The highest BCUT2D eigenvalue weighted by atomic mass is 16.1. The van der Waals surface area contributed by atoms with Gasteiger partial charge in [0.1, 0.15) is 5.82 Å². The van der Waals surface area contributed by atoms with Gasteiger partial charge in [0, 0.05) is 17.5 Å². The fourth-order valence-electron chi connectivity index (χ4n) is 4.23. The molecule has 2 aromatic carbocycles. The predicted octanol–water partition coefficient (Wildman–Crippen LogP) is 3.89. The summed E-state index contributed by atoms with van der Waals surface area (Å²) in [4.78, 5) is 19.4. The van der Waals surface area contributed by atoms with Crippen LogP contribution in [0, 0.1) is 6.92 Å². The molecular weight excluding hydrogens is 388 g/mol. The minimum absolute atomic E-state index is 0.0275. The van der Waals surface area contributed by atoms with E-state index >= 15 is 0 Å². The zero-order chi connectivity index (χ0) is 21.2. The highest BCUT2D eigenvalue weighted by Gasteiger charge is 2.30. The molecule has 156 valence electrons. The van der Waals surface area contributed by atoms with Gasteiger partial charge in [0.25, 0.3) is 5.91 Å². The molecular formula is C24H24N6O. The Labute approximate surface area is 180 Å². The number of hydrogen-bond donors (Lipinski definition) is 2. The number of nitrogens with zero attached hydrogens (tertiary/aromatic N) is 4. The Morgan fingerprint density at radius 3 is 2.68 bits per heavy atom. The van der Waals surface area contributed by atoms with Crippen molar-refractivity contribution in [3.63, 3.8) is 0 Å². The molecule has 2 heterocycles. The van der Waals surface area contributed by atoms with Crippen molar-refractivity contribution in [2.24, 2.45) is 0 Å². The normalized spacial score (nSPS) is 18.2. The lowest BCUT2D eigenvalue weighted by atomic mass is 10.1. The Balaban J connectivity index is 1.35. The van der Waals surface area contributed by atoms with Gasteiger partial charge in [0.2, 0.25) is 0 Å². The number of aryl methyl sites for hydroxylation is 1. The van der Waals surface area contributed by atoms with Gasteiger partial charge < -0.3 is 10.6 Å². The zero-order valence-corrected chi connectivity index (χ0v) is 17.3. The molecule has 1 saturated carbocycles. The molecule has 1 aliphatic rings. The topological polar surface area (TPSA) is 84.7 Å². The SMILES string of the molecule is Cc1ccc(-n2nccn2)c(C(=O)N[C@@H]2CCC[C@@H]2Nc2ccc3ccccc3n2)c1. The van der Waals surface area contributed by atoms with Gasteiger partial charge >= 0.3 is 0 Å². The largest absolute Gasteiger partial charge is 0.365 e. The summed E-state index contributed by atoms with van der Waals surface area (Å²) in [6.07, 6.45) is 6.18. The van der Waals surface area contributed by atoms with E-state index in [0.717, 1.165) is 41.5 Å². The van der Waals surface area contributed by atoms with Crippen LogP contribution in [-0.2, 0) is 0 Å². The van der Waals surface area contributed by atoms with E-state index in [-0.39, 0.29) is 18.0 Å². The standard InChI is InChI=1S/C24H24N6O/c1-16-9-11-22(30-25-13-14-26-30)18(15-16)24(31)29-21-8-4-7-20(21)28-23-12-10-17-5-2-3-6-19(17)27-23/h2-3,5-6,9-15,20-21H,4,7-8H2,1H3,(H,27,28)(H,29,31)/t20-,21+/m0/s1. The van der Waals surface area contributed by atoms with Crippen LogP contribution in [0.25, 0.3) is 16.6 Å². The van der Waals surface area contributed by atoms with Gasteiger partial charge in [-0.2, -0.15) is 15.0 Å². The average molecular weight is 412 g/mol. The molecule has 0 saturated heterocycles. The van der Waals surface area contributed by atoms with Gasteiger partial charge in [0.15, 0.2) is 0 Å². The molecule has 31 heavy (non-hydrogen) atoms. The fraction of sp³-hybridized carbons (Fsp3) is 0.250. The summed E-state index contributed by atoms with van der Waals surface area (Å²) in [5.74, 6) is 0.725. The second-order valence-corrected chi connectivity index (χ2v) is 7.99. The van der Waals surface area contributed by atoms with Crippen molar-refractivity contribution in [3.8, 4) is 5.69 Å². The monoisotopic (exact) mass is 412 g/mol. The molecule has 2 atom stereocenters. The first-order chi connectivity index (χ1) is 15.2. The highest BCUT2D eigenvalue weighted by molar-refractivity contribution is 5.98. The zero-order valence-electron chi connectivity index (χ0n) is 17.3. The van der Waals surface area contributed by atoms with E-state index in [9.17, 15) is 4.79 Å². The summed E-state index contributed by atoms with van der Waals surface area (Å²) in [6.45, 7) is 1.97. The van der Waals surface area contributed by atoms with E-state index < -0.39 is 0 Å². The number of para-hydroxylation sites is 1. The first kappa shape index (κ1) is 19.2. The minimum Gasteiger partial charge on any atom is -0.365 e. The van der Waals surface area contributed by atoms with E-state index in [0.29, 0.717) is 11.3 Å². The highest BCUT2D eigenvalue weighted by Crippen LogP contribution is 2.25. The van der Waals surface area contributed by atoms with Crippen LogP contribution in [0.5, 0.6) is 0 Å². The van der Waals surface area contributed by atoms with E-state index in [2.05, 4.69) is 33.0 Å². The molecule has 2 aromatic heterocycles. The molecule has 7 nitrogen and oxygen atoms in total. The number of carbonyl (C=O) groups is 1. The first-order valence-electron chi connectivity index (χ1n) is 10.6. The molecule has 1 aliphatic carbocycles. The lowest BCUT2D eigenvalue weighted by molar-refractivity contribution is 0.0935. The lowest BCUT2D eigenvalue weighted by Crippen LogP contribution is -2.43. The smallest absolute Gasteiger partial charge is 0.253 e. The fourth-order valence-corrected chi connectivity index (χ4v) is 4.23. The van der Waals surface area contributed by atoms with Crippen LogP contribution >= 0.6 is 0 Å². The Bertz CT molecular complexity index is 1220. The van der Waals surface area contributed by atoms with E-state index in [1.54, 1.807) is 12.4 Å². The molecule has 1 amide bonds. The van der Waals surface area contributed by atoms with E-state index in [1.807, 2.05) is 49.4 Å². The van der Waals surface area contributed by atoms with Crippen LogP contribution in [-0.4, -0.2) is 38.0 Å². The number of anilines is 1. The van der Waals surface area contributed by atoms with Crippen molar-refractivity contribution in [2.45, 2.75) is 38.3 Å². The number of nitrogens with one attached hydrogen (secondary N) is 2. The van der Waals surface area contributed by atoms with Crippen molar-refractivity contribution in [3.05, 3.63) is 78.1 Å². The minimum atomic E-state index is -0.110. The Hall–Kier alpha value is -3.74. The first-order valence-corrected chi connectivity index (χ1v) is 10.6. The molecule has 0 spiro atoms. The molecule has 5 rings (SSSR count). The molecule has 1 fully saturated rings. The summed E-state index contributed by atoms with van der Waals surface area (Å²) >= 11 is 0. The maximum Gasteiger partial charge on any atom is 0.253 e. The number of hydrogen-bond acceptors (Lipinski definition) is 5. The summed E-state index contributed by atoms with van der Waals surface area (Å²) < 4.78 is 0. The summed E-state index contributed by atoms with van der Waals surface area (Å²) in [7, 11) is 0. The van der Waals surface area contributed by atoms with Gasteiger partial charge in [-0.1, -0.05) is 29.8 Å². The van der Waals surface area contributed by atoms with E-state index in [1.165, 1.54) is 4.80 Å². The molecule has 0 aliphatic heterocycles. The number of rotatable bonds is 5. The summed E-state index contributed by atoms with van der Waals surface area (Å²) in [5.41, 5.74) is 3.22. The van der Waals surface area contributed by atoms with Crippen LogP contribution in [0.4, 0.5) is 5.82 Å². The summed E-state index contributed by atoms with van der Waals surface area (Å²) in [5, 5.41) is 16.3. The van der Waals surface area contributed by atoms with Gasteiger partial charge in [-0.25, -0.2) is 4.98 Å². The maximum absolute atomic E-state index is 13.2. The van der Waals surface area contributed by atoms with E-state index in [4.69, 9.17) is 4.98 Å². The van der Waals surface area contributed by atoms with Crippen molar-refractivity contribution in [2.75, 3.05) is 5.32 Å². The third-order valence-electron chi connectivity index (χ3n) is 5.80. The Kier molecular flexibility index (Phi) is 5.08. The molecule has 2 N–H and O–H groups in total. The van der Waals surface area contributed by atoms with Gasteiger partial charge in [0.05, 0.1) is 29.2 Å². The van der Waals surface area contributed by atoms with Gasteiger partial charge in [-0.05, 0) is 56.5 Å². The van der Waals surface area contributed by atoms with Crippen molar-refractivity contribution >= 4 is 22.6 Å². The third kappa shape index (κ3) is 3.99. The second kappa shape index (κ2) is 8.18. The predicted molar refractivity (Wildman–Crippen MR) is 120 cm³/mol. The molecule has 7 heteroatoms. The van der Waals surface area contributed by atoms with Gasteiger partial charge in [-0.15, -0.1) is 0 Å². The third-order valence-corrected chi connectivity index (χ3v) is 5.80. The van der Waals surface area contributed by atoms with Crippen LogP contribution in [0.15, 0.2) is 67.0 Å². The number of carbonyl (C=O) groups excluding carboxylic acids is 1. The van der Waals surface area contributed by atoms with Crippen molar-refractivity contribution in [1.29, 1.82) is 0 Å². The number of pyridine rings is 1. The number of benzene rings is 2. The van der Waals surface area contributed by atoms with Crippen molar-refractivity contribution in [1.82, 2.24) is 25.3 Å². The molecule has 0 unspecified atom stereocenters. The average Bonchev–Trinajstić information content (AvgIpc) is 3.46. The number of aromatic nitrogens is 4. The van der Waals surface area contributed by atoms with Crippen LogP contribution in [0.2, 0.25) is 0 Å². The number of amides is 1. The van der Waals surface area contributed by atoms with Crippen LogP contribution < -0.4 is 10.6 Å². The van der Waals surface area contributed by atoms with Crippen molar-refractivity contribution < 1.29 is 4.79 Å². The maximum atomic E-state index is 13.2. The van der Waals surface area contributed by atoms with Gasteiger partial charge in [-0.3, -0.25) is 4.79 Å². The van der Waals surface area contributed by atoms with Crippen LogP contribution in [0.1, 0.15) is 35.2 Å². The Morgan fingerprint density at radius 1 is 1.00 bits per heavy atom. The molecule has 4 aromatic rings. The van der Waals surface area contributed by atoms with Crippen LogP contribution in [0.3, 0.4) is 0 Å². The molecule has 0 radical (unpaired) electrons. The lowest BCUT2D eigenvalue weighted by Gasteiger charge is -2.23. The second-order valence-electron chi connectivity index (χ2n) is 7.99. The quantitative estimate of drug-likeness (QED) is 0.520. The summed E-state index contributed by atoms with van der Waals surface area (Å²) in [6, 6.07) is 18.0. The number of fused-ring (bicyclic) bond motifs is 1.